The van der Waals surface area contributed by atoms with Gasteiger partial charge in [0.15, 0.2) is 0 Å². The van der Waals surface area contributed by atoms with E-state index < -0.39 is 0 Å². The fourth-order valence-corrected chi connectivity index (χ4v) is 1.99. The molecule has 1 aliphatic rings. The van der Waals surface area contributed by atoms with Crippen LogP contribution in [0.2, 0.25) is 0 Å². The molecular weight excluding hydrogens is 214 g/mol. The average Bonchev–Trinajstić information content (AvgIpc) is 2.12. The zero-order valence-corrected chi connectivity index (χ0v) is 11.7. The molecule has 17 heavy (non-hydrogen) atoms. The van der Waals surface area contributed by atoms with Crippen molar-refractivity contribution in [2.75, 3.05) is 6.61 Å². The number of nitrogens with one attached hydrogen (secondary N) is 1. The fraction of sp³-hybridized carbons (Fsp3) is 0.929. The van der Waals surface area contributed by atoms with Crippen LogP contribution < -0.4 is 5.32 Å². The first-order valence-electron chi connectivity index (χ1n) is 6.86. The molecular formula is C14H27NO2. The molecule has 1 rings (SSSR count). The van der Waals surface area contributed by atoms with E-state index in [0.29, 0.717) is 12.5 Å². The highest BCUT2D eigenvalue weighted by molar-refractivity contribution is 5.81. The second-order valence-corrected chi connectivity index (χ2v) is 6.13. The summed E-state index contributed by atoms with van der Waals surface area (Å²) >= 11 is 0. The van der Waals surface area contributed by atoms with E-state index in [2.05, 4.69) is 12.2 Å². The Morgan fingerprint density at radius 2 is 2.06 bits per heavy atom. The zero-order chi connectivity index (χ0) is 12.9. The van der Waals surface area contributed by atoms with Crippen LogP contribution in [0.15, 0.2) is 0 Å². The number of hydrogen-bond acceptors (Lipinski definition) is 2. The van der Waals surface area contributed by atoms with E-state index in [-0.39, 0.29) is 17.6 Å². The van der Waals surface area contributed by atoms with E-state index in [0.717, 1.165) is 12.8 Å². The first-order chi connectivity index (χ1) is 7.92. The Hall–Kier alpha value is -0.570. The van der Waals surface area contributed by atoms with Crippen molar-refractivity contribution in [2.24, 2.45) is 5.92 Å². The molecule has 1 atom stereocenters. The number of carbonyl (C=O) groups is 1. The van der Waals surface area contributed by atoms with Gasteiger partial charge < -0.3 is 10.1 Å². The second-order valence-electron chi connectivity index (χ2n) is 6.13. The molecule has 0 aliphatic heterocycles. The van der Waals surface area contributed by atoms with Crippen LogP contribution in [0.3, 0.4) is 0 Å². The van der Waals surface area contributed by atoms with Crippen LogP contribution in [0.4, 0.5) is 0 Å². The molecule has 1 aliphatic carbocycles. The summed E-state index contributed by atoms with van der Waals surface area (Å²) < 4.78 is 5.69. The predicted octanol–water partition coefficient (Wildman–Crippen LogP) is 2.89. The van der Waals surface area contributed by atoms with E-state index in [1.54, 1.807) is 0 Å². The van der Waals surface area contributed by atoms with Gasteiger partial charge in [-0.15, -0.1) is 0 Å². The van der Waals surface area contributed by atoms with E-state index in [4.69, 9.17) is 4.74 Å². The molecule has 1 saturated carbocycles. The smallest absolute Gasteiger partial charge is 0.249 e. The minimum Gasteiger partial charge on any atom is -0.368 e. The van der Waals surface area contributed by atoms with E-state index in [9.17, 15) is 4.79 Å². The second kappa shape index (κ2) is 6.39. The van der Waals surface area contributed by atoms with Crippen molar-refractivity contribution in [1.29, 1.82) is 0 Å². The summed E-state index contributed by atoms with van der Waals surface area (Å²) in [5.41, 5.74) is -0.176. The van der Waals surface area contributed by atoms with Gasteiger partial charge in [-0.05, 0) is 39.5 Å². The van der Waals surface area contributed by atoms with E-state index >= 15 is 0 Å². The highest BCUT2D eigenvalue weighted by Gasteiger charge is 2.28. The molecule has 3 heteroatoms. The molecule has 0 aromatic heterocycles. The van der Waals surface area contributed by atoms with Crippen molar-refractivity contribution in [1.82, 2.24) is 5.32 Å². The molecule has 0 radical (unpaired) electrons. The Morgan fingerprint density at radius 3 is 2.47 bits per heavy atom. The summed E-state index contributed by atoms with van der Waals surface area (Å²) in [6.07, 6.45) is 5.43. The van der Waals surface area contributed by atoms with Gasteiger partial charge in [0, 0.05) is 12.1 Å². The highest BCUT2D eigenvalue weighted by atomic mass is 16.5. The van der Waals surface area contributed by atoms with Crippen LogP contribution in [0, 0.1) is 5.92 Å². The monoisotopic (exact) mass is 241 g/mol. The van der Waals surface area contributed by atoms with Crippen LogP contribution in [-0.2, 0) is 9.53 Å². The van der Waals surface area contributed by atoms with Gasteiger partial charge in [-0.1, -0.05) is 26.2 Å². The van der Waals surface area contributed by atoms with E-state index in [1.807, 2.05) is 20.8 Å². The molecule has 1 unspecified atom stereocenters. The Morgan fingerprint density at radius 1 is 1.41 bits per heavy atom. The predicted molar refractivity (Wildman–Crippen MR) is 69.9 cm³/mol. The number of ether oxygens (including phenoxy) is 1. The summed E-state index contributed by atoms with van der Waals surface area (Å²) in [5, 5.41) is 3.02. The van der Waals surface area contributed by atoms with Crippen molar-refractivity contribution in [3.05, 3.63) is 0 Å². The van der Waals surface area contributed by atoms with Gasteiger partial charge in [-0.25, -0.2) is 0 Å². The van der Waals surface area contributed by atoms with Gasteiger partial charge in [0.2, 0.25) is 5.91 Å². The SMILES string of the molecule is CCCOC(CC1CCC1)C(=O)NC(C)(C)C. The van der Waals surface area contributed by atoms with Gasteiger partial charge in [0.1, 0.15) is 6.10 Å². The van der Waals surface area contributed by atoms with Crippen LogP contribution in [0.1, 0.15) is 59.8 Å². The number of carbonyl (C=O) groups excluding carboxylic acids is 1. The Labute approximate surface area is 105 Å². The molecule has 0 saturated heterocycles. The van der Waals surface area contributed by atoms with Crippen LogP contribution in [0.5, 0.6) is 0 Å². The molecule has 0 heterocycles. The van der Waals surface area contributed by atoms with Crippen molar-refractivity contribution in [2.45, 2.75) is 71.4 Å². The normalized spacial score (nSPS) is 18.6. The highest BCUT2D eigenvalue weighted by Crippen LogP contribution is 2.31. The van der Waals surface area contributed by atoms with Crippen LogP contribution in [-0.4, -0.2) is 24.2 Å². The maximum atomic E-state index is 12.1. The maximum Gasteiger partial charge on any atom is 0.249 e. The lowest BCUT2D eigenvalue weighted by molar-refractivity contribution is -0.136. The third-order valence-corrected chi connectivity index (χ3v) is 3.09. The lowest BCUT2D eigenvalue weighted by Crippen LogP contribution is -2.47. The van der Waals surface area contributed by atoms with Crippen molar-refractivity contribution in [3.8, 4) is 0 Å². The maximum absolute atomic E-state index is 12.1. The summed E-state index contributed by atoms with van der Waals surface area (Å²) in [7, 11) is 0. The number of amides is 1. The van der Waals surface area contributed by atoms with Gasteiger partial charge in [-0.3, -0.25) is 4.79 Å². The van der Waals surface area contributed by atoms with Gasteiger partial charge in [0.25, 0.3) is 0 Å². The van der Waals surface area contributed by atoms with Crippen molar-refractivity contribution >= 4 is 5.91 Å². The first kappa shape index (κ1) is 14.5. The Kier molecular flexibility index (Phi) is 5.44. The third-order valence-electron chi connectivity index (χ3n) is 3.09. The quantitative estimate of drug-likeness (QED) is 0.776. The zero-order valence-electron chi connectivity index (χ0n) is 11.7. The molecule has 0 aromatic carbocycles. The lowest BCUT2D eigenvalue weighted by Gasteiger charge is -2.31. The van der Waals surface area contributed by atoms with Crippen LogP contribution in [0.25, 0.3) is 0 Å². The van der Waals surface area contributed by atoms with Crippen molar-refractivity contribution in [3.63, 3.8) is 0 Å². The standard InChI is InChI=1S/C14H27NO2/c1-5-9-17-12(10-11-7-6-8-11)13(16)15-14(2,3)4/h11-12H,5-10H2,1-4H3,(H,15,16). The molecule has 1 N–H and O–H groups in total. The first-order valence-corrected chi connectivity index (χ1v) is 6.86. The molecule has 3 nitrogen and oxygen atoms in total. The minimum atomic E-state index is -0.250. The summed E-state index contributed by atoms with van der Waals surface area (Å²) in [4.78, 5) is 12.1. The largest absolute Gasteiger partial charge is 0.368 e. The average molecular weight is 241 g/mol. The molecule has 100 valence electrons. The summed E-state index contributed by atoms with van der Waals surface area (Å²) in [6, 6.07) is 0. The molecule has 0 bridgehead atoms. The molecule has 0 spiro atoms. The summed E-state index contributed by atoms with van der Waals surface area (Å²) in [6.45, 7) is 8.76. The lowest BCUT2D eigenvalue weighted by atomic mass is 9.81. The van der Waals surface area contributed by atoms with Gasteiger partial charge in [-0.2, -0.15) is 0 Å². The van der Waals surface area contributed by atoms with Crippen molar-refractivity contribution < 1.29 is 9.53 Å². The molecule has 0 aromatic rings. The fourth-order valence-electron chi connectivity index (χ4n) is 1.99. The minimum absolute atomic E-state index is 0.0536. The van der Waals surface area contributed by atoms with Gasteiger partial charge in [0.05, 0.1) is 0 Å². The Bertz CT molecular complexity index is 241. The topological polar surface area (TPSA) is 38.3 Å². The number of rotatable bonds is 6. The molecule has 1 fully saturated rings. The Balaban J connectivity index is 2.44. The van der Waals surface area contributed by atoms with Crippen LogP contribution >= 0.6 is 0 Å². The third kappa shape index (κ3) is 5.53. The molecule has 1 amide bonds. The number of hydrogen-bond donors (Lipinski definition) is 1. The van der Waals surface area contributed by atoms with E-state index in [1.165, 1.54) is 19.3 Å². The summed E-state index contributed by atoms with van der Waals surface area (Å²) in [5.74, 6) is 0.750. The van der Waals surface area contributed by atoms with Gasteiger partial charge >= 0.3 is 0 Å².